The van der Waals surface area contributed by atoms with Crippen molar-refractivity contribution in [1.29, 1.82) is 0 Å². The number of rotatable bonds is 12. The van der Waals surface area contributed by atoms with Gasteiger partial charge in [0.15, 0.2) is 15.9 Å². The Labute approximate surface area is 234 Å². The van der Waals surface area contributed by atoms with Gasteiger partial charge in [-0.05, 0) is 18.1 Å². The first-order chi connectivity index (χ1) is 19.2. The lowest BCUT2D eigenvalue weighted by atomic mass is 10.0. The number of amides is 3. The highest BCUT2D eigenvalue weighted by atomic mass is 32.2. The fraction of sp³-hybridized carbons (Fsp3) is 0.379. The van der Waals surface area contributed by atoms with Crippen molar-refractivity contribution in [3.8, 4) is 11.8 Å². The summed E-state index contributed by atoms with van der Waals surface area (Å²) in [5.41, 5.74) is 1.32. The van der Waals surface area contributed by atoms with Crippen LogP contribution < -0.4 is 10.6 Å². The van der Waals surface area contributed by atoms with Crippen LogP contribution in [0.1, 0.15) is 24.5 Å². The van der Waals surface area contributed by atoms with E-state index >= 15 is 0 Å². The number of hydrogen-bond acceptors (Lipinski definition) is 7. The van der Waals surface area contributed by atoms with Gasteiger partial charge in [-0.1, -0.05) is 66.6 Å². The Bertz CT molecular complexity index is 1350. The summed E-state index contributed by atoms with van der Waals surface area (Å²) in [5.74, 6) is -0.400. The summed E-state index contributed by atoms with van der Waals surface area (Å²) in [6.45, 7) is 2.88. The van der Waals surface area contributed by atoms with E-state index in [1.54, 1.807) is 54.6 Å². The van der Waals surface area contributed by atoms with Crippen LogP contribution >= 0.6 is 0 Å². The molecule has 3 amide bonds. The molecule has 2 N–H and O–H groups in total. The second-order valence-electron chi connectivity index (χ2n) is 9.30. The first-order valence-electron chi connectivity index (χ1n) is 12.9. The van der Waals surface area contributed by atoms with E-state index in [0.29, 0.717) is 31.9 Å². The molecule has 1 saturated heterocycles. The van der Waals surface area contributed by atoms with E-state index in [1.807, 2.05) is 6.07 Å². The molecule has 11 heteroatoms. The van der Waals surface area contributed by atoms with E-state index in [0.717, 1.165) is 5.56 Å². The molecule has 1 fully saturated rings. The first-order valence-corrected chi connectivity index (χ1v) is 14.7. The number of benzene rings is 2. The maximum absolute atomic E-state index is 13.4. The van der Waals surface area contributed by atoms with Gasteiger partial charge in [0.2, 0.25) is 11.8 Å². The molecule has 2 unspecified atom stereocenters. The summed E-state index contributed by atoms with van der Waals surface area (Å²) in [6.07, 6.45) is -0.388. The summed E-state index contributed by atoms with van der Waals surface area (Å²) in [5, 5.41) is 4.91. The third-order valence-corrected chi connectivity index (χ3v) is 7.88. The molecular formula is C29H33N3O7S. The predicted molar refractivity (Wildman–Crippen MR) is 148 cm³/mol. The highest BCUT2D eigenvalue weighted by molar-refractivity contribution is 7.90. The van der Waals surface area contributed by atoms with Crippen LogP contribution in [-0.4, -0.2) is 74.9 Å². The highest BCUT2D eigenvalue weighted by Crippen LogP contribution is 2.16. The fourth-order valence-corrected chi connectivity index (χ4v) is 5.84. The summed E-state index contributed by atoms with van der Waals surface area (Å²) in [6, 6.07) is 15.9. The molecule has 3 rings (SSSR count). The van der Waals surface area contributed by atoms with Gasteiger partial charge in [-0.2, -0.15) is 0 Å². The largest absolute Gasteiger partial charge is 0.378 e. The number of sulfone groups is 1. The van der Waals surface area contributed by atoms with Gasteiger partial charge in [-0.15, -0.1) is 5.92 Å². The zero-order chi connectivity index (χ0) is 29.0. The zero-order valence-corrected chi connectivity index (χ0v) is 23.1. The van der Waals surface area contributed by atoms with E-state index in [1.165, 1.54) is 11.8 Å². The minimum Gasteiger partial charge on any atom is -0.378 e. The molecule has 0 saturated carbocycles. The standard InChI is InChI=1S/C29H33N3O7S/c1-2-9-25(27(34)29(36)30-19-22-10-5-3-6-11-22)31-28(35)24(18-26(33)32-14-16-39-17-15-32)21-40(37,38)20-23-12-7-4-8-13-23/h3-8,10-13,24-25H,14-21H2,1H3,(H,30,36)(H,31,35). The molecule has 1 heterocycles. The van der Waals surface area contributed by atoms with Crippen LogP contribution in [0.4, 0.5) is 0 Å². The second-order valence-corrected chi connectivity index (χ2v) is 11.4. The zero-order valence-electron chi connectivity index (χ0n) is 22.3. The molecule has 0 bridgehead atoms. The van der Waals surface area contributed by atoms with Gasteiger partial charge in [-0.25, -0.2) is 8.42 Å². The number of nitrogens with one attached hydrogen (secondary N) is 2. The van der Waals surface area contributed by atoms with Crippen LogP contribution in [0, 0.1) is 17.8 Å². The Morgan fingerprint density at radius 1 is 0.950 bits per heavy atom. The molecule has 2 aromatic rings. The maximum atomic E-state index is 13.4. The van der Waals surface area contributed by atoms with Gasteiger partial charge in [-0.3, -0.25) is 19.2 Å². The average Bonchev–Trinajstić information content (AvgIpc) is 2.96. The lowest BCUT2D eigenvalue weighted by Gasteiger charge is -2.28. The van der Waals surface area contributed by atoms with Crippen molar-refractivity contribution in [1.82, 2.24) is 15.5 Å². The van der Waals surface area contributed by atoms with E-state index in [4.69, 9.17) is 4.74 Å². The minimum atomic E-state index is -3.84. The number of hydrogen-bond donors (Lipinski definition) is 2. The molecular weight excluding hydrogens is 534 g/mol. The van der Waals surface area contributed by atoms with Crippen molar-refractivity contribution in [2.24, 2.45) is 5.92 Å². The molecule has 0 spiro atoms. The Hall–Kier alpha value is -4.01. The molecule has 40 heavy (non-hydrogen) atoms. The van der Waals surface area contributed by atoms with Gasteiger partial charge in [0.25, 0.3) is 11.7 Å². The van der Waals surface area contributed by atoms with Crippen LogP contribution in [0.25, 0.3) is 0 Å². The summed E-state index contributed by atoms with van der Waals surface area (Å²) in [7, 11) is -3.84. The molecule has 2 aromatic carbocycles. The molecule has 0 aromatic heterocycles. The minimum absolute atomic E-state index is 0.0973. The van der Waals surface area contributed by atoms with Gasteiger partial charge < -0.3 is 20.3 Å². The lowest BCUT2D eigenvalue weighted by molar-refractivity contribution is -0.141. The number of morpholine rings is 1. The number of ketones is 1. The van der Waals surface area contributed by atoms with Gasteiger partial charge in [0.05, 0.1) is 30.6 Å². The summed E-state index contributed by atoms with van der Waals surface area (Å²) < 4.78 is 31.4. The Morgan fingerprint density at radius 3 is 2.15 bits per heavy atom. The first kappa shape index (κ1) is 30.5. The molecule has 2 atom stereocenters. The third-order valence-electron chi connectivity index (χ3n) is 6.20. The molecule has 0 aliphatic carbocycles. The van der Waals surface area contributed by atoms with Gasteiger partial charge in [0.1, 0.15) is 0 Å². The second kappa shape index (κ2) is 15.0. The van der Waals surface area contributed by atoms with Crippen molar-refractivity contribution in [2.75, 3.05) is 32.1 Å². The predicted octanol–water partition coefficient (Wildman–Crippen LogP) is 0.860. The Kier molecular flexibility index (Phi) is 11.4. The van der Waals surface area contributed by atoms with Crippen molar-refractivity contribution in [2.45, 2.75) is 31.7 Å². The number of nitrogens with zero attached hydrogens (tertiary/aromatic N) is 1. The van der Waals surface area contributed by atoms with Crippen molar-refractivity contribution in [3.63, 3.8) is 0 Å². The van der Waals surface area contributed by atoms with E-state index in [-0.39, 0.29) is 18.7 Å². The smallest absolute Gasteiger partial charge is 0.290 e. The number of Topliss-reactive ketones (excluding diaryl/α,β-unsaturated/α-hetero) is 1. The number of carbonyl (C=O) groups excluding carboxylic acids is 4. The topological polar surface area (TPSA) is 139 Å². The Balaban J connectivity index is 1.74. The van der Waals surface area contributed by atoms with Crippen LogP contribution in [0.15, 0.2) is 60.7 Å². The lowest BCUT2D eigenvalue weighted by Crippen LogP contribution is -2.50. The van der Waals surface area contributed by atoms with Gasteiger partial charge >= 0.3 is 0 Å². The molecule has 1 aliphatic heterocycles. The Morgan fingerprint density at radius 2 is 1.55 bits per heavy atom. The molecule has 212 valence electrons. The van der Waals surface area contributed by atoms with Crippen LogP contribution in [0.3, 0.4) is 0 Å². The van der Waals surface area contributed by atoms with Crippen molar-refractivity contribution >= 4 is 33.3 Å². The fourth-order valence-electron chi connectivity index (χ4n) is 4.14. The van der Waals surface area contributed by atoms with E-state index in [2.05, 4.69) is 22.5 Å². The monoisotopic (exact) mass is 567 g/mol. The number of ether oxygens (including phenoxy) is 1. The normalized spacial score (nSPS) is 14.7. The van der Waals surface area contributed by atoms with Crippen molar-refractivity contribution < 1.29 is 32.3 Å². The molecule has 1 aliphatic rings. The van der Waals surface area contributed by atoms with Crippen LogP contribution in [-0.2, 0) is 46.0 Å². The SMILES string of the molecule is CC#CC(NC(=O)C(CC(=O)N1CCOCC1)CS(=O)(=O)Cc1ccccc1)C(=O)C(=O)NCc1ccccc1. The highest BCUT2D eigenvalue weighted by Gasteiger charge is 2.33. The van der Waals surface area contributed by atoms with Crippen LogP contribution in [0.5, 0.6) is 0 Å². The quantitative estimate of drug-likeness (QED) is 0.287. The molecule has 10 nitrogen and oxygen atoms in total. The summed E-state index contributed by atoms with van der Waals surface area (Å²) in [4.78, 5) is 53.3. The van der Waals surface area contributed by atoms with Gasteiger partial charge in [0, 0.05) is 26.1 Å². The van der Waals surface area contributed by atoms with Crippen LogP contribution in [0.2, 0.25) is 0 Å². The average molecular weight is 568 g/mol. The maximum Gasteiger partial charge on any atom is 0.290 e. The van der Waals surface area contributed by atoms with E-state index in [9.17, 15) is 27.6 Å². The summed E-state index contributed by atoms with van der Waals surface area (Å²) >= 11 is 0. The number of carbonyl (C=O) groups is 4. The van der Waals surface area contributed by atoms with Crippen molar-refractivity contribution in [3.05, 3.63) is 71.8 Å². The molecule has 0 radical (unpaired) electrons. The third kappa shape index (κ3) is 9.63. The van der Waals surface area contributed by atoms with E-state index < -0.39 is 51.1 Å².